The van der Waals surface area contributed by atoms with Crippen molar-refractivity contribution in [1.82, 2.24) is 15.5 Å². The van der Waals surface area contributed by atoms with Gasteiger partial charge in [-0.05, 0) is 31.0 Å². The van der Waals surface area contributed by atoms with Gasteiger partial charge in [0.25, 0.3) is 5.91 Å². The Morgan fingerprint density at radius 3 is 2.64 bits per heavy atom. The van der Waals surface area contributed by atoms with Crippen LogP contribution in [0, 0.1) is 11.6 Å². The molecule has 1 aliphatic heterocycles. The van der Waals surface area contributed by atoms with Gasteiger partial charge in [0.2, 0.25) is 5.91 Å². The monoisotopic (exact) mass is 351 g/mol. The Balaban J connectivity index is 1.60. The summed E-state index contributed by atoms with van der Waals surface area (Å²) in [4.78, 5) is 37.5. The zero-order valence-electron chi connectivity index (χ0n) is 13.6. The van der Waals surface area contributed by atoms with Crippen molar-refractivity contribution in [1.29, 1.82) is 0 Å². The van der Waals surface area contributed by atoms with Crippen molar-refractivity contribution in [3.63, 3.8) is 0 Å². The average Bonchev–Trinajstić information content (AvgIpc) is 2.80. The molecular weight excluding hydrogens is 332 g/mol. The highest BCUT2D eigenvalue weighted by Gasteiger charge is 2.51. The molecule has 1 heterocycles. The minimum absolute atomic E-state index is 0.00528. The van der Waals surface area contributed by atoms with E-state index in [1.807, 2.05) is 0 Å². The molecule has 25 heavy (non-hydrogen) atoms. The minimum Gasteiger partial charge on any atom is -0.350 e. The number of nitrogens with zero attached hydrogens (tertiary/aromatic N) is 1. The molecule has 8 heteroatoms. The average molecular weight is 351 g/mol. The lowest BCUT2D eigenvalue weighted by Crippen LogP contribution is -2.49. The zero-order chi connectivity index (χ0) is 18.0. The number of benzene rings is 1. The Labute approximate surface area is 143 Å². The van der Waals surface area contributed by atoms with E-state index in [1.165, 1.54) is 0 Å². The molecule has 1 aromatic rings. The molecule has 1 saturated carbocycles. The summed E-state index contributed by atoms with van der Waals surface area (Å²) in [6, 6.07) is 2.36. The van der Waals surface area contributed by atoms with Gasteiger partial charge in [0, 0.05) is 12.1 Å². The first-order valence-corrected chi connectivity index (χ1v) is 8.26. The van der Waals surface area contributed by atoms with E-state index in [2.05, 4.69) is 10.6 Å². The number of halogens is 2. The van der Waals surface area contributed by atoms with Crippen molar-refractivity contribution in [3.05, 3.63) is 35.4 Å². The fourth-order valence-electron chi connectivity index (χ4n) is 3.39. The van der Waals surface area contributed by atoms with Gasteiger partial charge in [0.15, 0.2) is 0 Å². The number of urea groups is 1. The highest BCUT2D eigenvalue weighted by Crippen LogP contribution is 2.33. The number of carbonyl (C=O) groups is 3. The first kappa shape index (κ1) is 17.3. The van der Waals surface area contributed by atoms with Gasteiger partial charge in [-0.15, -0.1) is 0 Å². The largest absolute Gasteiger partial charge is 0.350 e. The maximum atomic E-state index is 13.5. The Morgan fingerprint density at radius 1 is 1.20 bits per heavy atom. The topological polar surface area (TPSA) is 78.5 Å². The van der Waals surface area contributed by atoms with E-state index in [4.69, 9.17) is 0 Å². The molecule has 2 fully saturated rings. The van der Waals surface area contributed by atoms with Crippen LogP contribution in [-0.2, 0) is 16.1 Å². The van der Waals surface area contributed by atoms with Crippen molar-refractivity contribution in [2.45, 2.75) is 44.2 Å². The maximum Gasteiger partial charge on any atom is 0.325 e. The molecule has 3 rings (SSSR count). The van der Waals surface area contributed by atoms with Crippen LogP contribution < -0.4 is 10.6 Å². The quantitative estimate of drug-likeness (QED) is 0.813. The summed E-state index contributed by atoms with van der Waals surface area (Å²) in [6.45, 7) is -0.666. The standard InChI is InChI=1S/C17H19F2N3O3/c18-12-4-5-13(19)11(8-12)9-20-14(23)10-22-15(24)17(21-16(22)25)6-2-1-3-7-17/h4-5,8H,1-3,6-7,9-10H2,(H,20,23)(H,21,25). The lowest BCUT2D eigenvalue weighted by atomic mass is 9.82. The molecule has 1 aliphatic carbocycles. The lowest BCUT2D eigenvalue weighted by molar-refractivity contribution is -0.135. The van der Waals surface area contributed by atoms with E-state index >= 15 is 0 Å². The molecule has 0 aromatic heterocycles. The van der Waals surface area contributed by atoms with Gasteiger partial charge in [-0.2, -0.15) is 0 Å². The molecule has 0 unspecified atom stereocenters. The fourth-order valence-corrected chi connectivity index (χ4v) is 3.39. The van der Waals surface area contributed by atoms with Crippen molar-refractivity contribution >= 4 is 17.8 Å². The molecule has 0 atom stereocenters. The summed E-state index contributed by atoms with van der Waals surface area (Å²) in [5.41, 5.74) is -0.890. The predicted octanol–water partition coefficient (Wildman–Crippen LogP) is 1.84. The van der Waals surface area contributed by atoms with Gasteiger partial charge in [-0.25, -0.2) is 13.6 Å². The summed E-state index contributed by atoms with van der Waals surface area (Å²) in [5, 5.41) is 5.12. The molecule has 6 nitrogen and oxygen atoms in total. The fraction of sp³-hybridized carbons (Fsp3) is 0.471. The van der Waals surface area contributed by atoms with Gasteiger partial charge >= 0.3 is 6.03 Å². The highest BCUT2D eigenvalue weighted by atomic mass is 19.1. The number of imide groups is 1. The molecule has 0 bridgehead atoms. The predicted molar refractivity (Wildman–Crippen MR) is 84.3 cm³/mol. The smallest absolute Gasteiger partial charge is 0.325 e. The second kappa shape index (κ2) is 6.78. The first-order chi connectivity index (χ1) is 11.9. The van der Waals surface area contributed by atoms with Crippen LogP contribution in [0.3, 0.4) is 0 Å². The molecule has 134 valence electrons. The van der Waals surface area contributed by atoms with Gasteiger partial charge < -0.3 is 10.6 Å². The number of hydrogen-bond donors (Lipinski definition) is 2. The van der Waals surface area contributed by atoms with Gasteiger partial charge in [-0.1, -0.05) is 19.3 Å². The van der Waals surface area contributed by atoms with Gasteiger partial charge in [0.1, 0.15) is 23.7 Å². The molecule has 4 amide bonds. The second-order valence-corrected chi connectivity index (χ2v) is 6.48. The van der Waals surface area contributed by atoms with Crippen molar-refractivity contribution in [3.8, 4) is 0 Å². The Hall–Kier alpha value is -2.51. The molecule has 1 saturated heterocycles. The lowest BCUT2D eigenvalue weighted by Gasteiger charge is -2.30. The van der Waals surface area contributed by atoms with E-state index in [1.54, 1.807) is 0 Å². The third kappa shape index (κ3) is 3.47. The molecule has 1 spiro atoms. The van der Waals surface area contributed by atoms with E-state index in [9.17, 15) is 23.2 Å². The van der Waals surface area contributed by atoms with E-state index < -0.39 is 35.7 Å². The summed E-state index contributed by atoms with van der Waals surface area (Å²) >= 11 is 0. The number of carbonyl (C=O) groups excluding carboxylic acids is 3. The van der Waals surface area contributed by atoms with Crippen LogP contribution >= 0.6 is 0 Å². The maximum absolute atomic E-state index is 13.5. The summed E-state index contributed by atoms with van der Waals surface area (Å²) < 4.78 is 26.7. The summed E-state index contributed by atoms with van der Waals surface area (Å²) in [7, 11) is 0. The Kier molecular flexibility index (Phi) is 4.69. The molecular formula is C17H19F2N3O3. The van der Waals surface area contributed by atoms with Crippen molar-refractivity contribution in [2.75, 3.05) is 6.54 Å². The number of amides is 4. The minimum atomic E-state index is -0.885. The van der Waals surface area contributed by atoms with Crippen molar-refractivity contribution in [2.24, 2.45) is 0 Å². The van der Waals surface area contributed by atoms with Crippen molar-refractivity contribution < 1.29 is 23.2 Å². The molecule has 2 N–H and O–H groups in total. The Morgan fingerprint density at radius 2 is 1.92 bits per heavy atom. The van der Waals surface area contributed by atoms with Crippen LogP contribution in [0.15, 0.2) is 18.2 Å². The first-order valence-electron chi connectivity index (χ1n) is 8.26. The molecule has 0 radical (unpaired) electrons. The van der Waals surface area contributed by atoms with E-state index in [-0.39, 0.29) is 18.0 Å². The molecule has 2 aliphatic rings. The number of nitrogens with one attached hydrogen (secondary N) is 2. The summed E-state index contributed by atoms with van der Waals surface area (Å²) in [5.74, 6) is -2.25. The van der Waals surface area contributed by atoms with Crippen LogP contribution in [0.1, 0.15) is 37.7 Å². The summed E-state index contributed by atoms with van der Waals surface area (Å²) in [6.07, 6.45) is 3.87. The molecule has 1 aromatic carbocycles. The Bertz CT molecular complexity index is 717. The van der Waals surface area contributed by atoms with Gasteiger partial charge in [-0.3, -0.25) is 14.5 Å². The van der Waals surface area contributed by atoms with E-state index in [0.29, 0.717) is 12.8 Å². The van der Waals surface area contributed by atoms with Crippen LogP contribution in [0.25, 0.3) is 0 Å². The van der Waals surface area contributed by atoms with Crippen LogP contribution in [0.4, 0.5) is 13.6 Å². The second-order valence-electron chi connectivity index (χ2n) is 6.48. The van der Waals surface area contributed by atoms with Crippen LogP contribution in [0.5, 0.6) is 0 Å². The third-order valence-corrected chi connectivity index (χ3v) is 4.74. The zero-order valence-corrected chi connectivity index (χ0v) is 13.6. The number of hydrogen-bond acceptors (Lipinski definition) is 3. The van der Waals surface area contributed by atoms with E-state index in [0.717, 1.165) is 42.4 Å². The normalized spacial score (nSPS) is 19.2. The highest BCUT2D eigenvalue weighted by molar-refractivity contribution is 6.09. The number of rotatable bonds is 4. The van der Waals surface area contributed by atoms with Gasteiger partial charge in [0.05, 0.1) is 0 Å². The SMILES string of the molecule is O=C(CN1C(=O)NC2(CCCCC2)C1=O)NCc1cc(F)ccc1F. The third-order valence-electron chi connectivity index (χ3n) is 4.74. The van der Waals surface area contributed by atoms with Crippen LogP contribution in [0.2, 0.25) is 0 Å². The van der Waals surface area contributed by atoms with Crippen LogP contribution in [-0.4, -0.2) is 34.8 Å².